The van der Waals surface area contributed by atoms with Gasteiger partial charge in [-0.15, -0.1) is 0 Å². The smallest absolute Gasteiger partial charge is 0.341 e. The molecular weight excluding hydrogens is 294 g/mol. The molecule has 0 saturated heterocycles. The molecule has 0 bridgehead atoms. The maximum absolute atomic E-state index is 12.4. The number of nitrogens with one attached hydrogen (secondary N) is 1. The van der Waals surface area contributed by atoms with Crippen LogP contribution in [-0.2, 0) is 9.59 Å². The summed E-state index contributed by atoms with van der Waals surface area (Å²) < 4.78 is 5.10. The highest BCUT2D eigenvalue weighted by atomic mass is 16.5. The predicted molar refractivity (Wildman–Crippen MR) is 89.4 cm³/mol. The number of carbonyl (C=O) groups is 2. The van der Waals surface area contributed by atoms with Gasteiger partial charge >= 0.3 is 5.97 Å². The second kappa shape index (κ2) is 9.87. The lowest BCUT2D eigenvalue weighted by atomic mass is 9.96. The average Bonchev–Trinajstić information content (AvgIpc) is 2.53. The molecule has 0 heterocycles. The van der Waals surface area contributed by atoms with Gasteiger partial charge in [-0.25, -0.2) is 4.79 Å². The Labute approximate surface area is 138 Å². The first-order chi connectivity index (χ1) is 11.0. The standard InChI is InChI=1S/C18H27NO4/c1-4-6-15(7-5-2)18(22)19-13(3)14-8-10-16(11-9-14)23-12-17(20)21/h8-11,13,15H,4-7,12H2,1-3H3,(H,19,22)(H,20,21). The summed E-state index contributed by atoms with van der Waals surface area (Å²) in [5.74, 6) is -0.324. The number of ether oxygens (including phenoxy) is 1. The fourth-order valence-corrected chi connectivity index (χ4v) is 2.52. The van der Waals surface area contributed by atoms with Crippen molar-refractivity contribution in [3.05, 3.63) is 29.8 Å². The van der Waals surface area contributed by atoms with Gasteiger partial charge in [0.05, 0.1) is 6.04 Å². The molecule has 23 heavy (non-hydrogen) atoms. The van der Waals surface area contributed by atoms with E-state index in [1.54, 1.807) is 12.1 Å². The fourth-order valence-electron chi connectivity index (χ4n) is 2.52. The van der Waals surface area contributed by atoms with Crippen LogP contribution in [0.25, 0.3) is 0 Å². The Morgan fingerprint density at radius 2 is 1.70 bits per heavy atom. The SMILES string of the molecule is CCCC(CCC)C(=O)NC(C)c1ccc(OCC(=O)O)cc1. The largest absolute Gasteiger partial charge is 0.482 e. The Morgan fingerprint density at radius 3 is 2.17 bits per heavy atom. The minimum Gasteiger partial charge on any atom is -0.482 e. The van der Waals surface area contributed by atoms with Crippen molar-refractivity contribution in [2.24, 2.45) is 5.92 Å². The Morgan fingerprint density at radius 1 is 1.13 bits per heavy atom. The van der Waals surface area contributed by atoms with Gasteiger partial charge in [0.1, 0.15) is 5.75 Å². The van der Waals surface area contributed by atoms with E-state index < -0.39 is 5.97 Å². The van der Waals surface area contributed by atoms with Gasteiger partial charge in [-0.2, -0.15) is 0 Å². The van der Waals surface area contributed by atoms with E-state index >= 15 is 0 Å². The fraction of sp³-hybridized carbons (Fsp3) is 0.556. The highest BCUT2D eigenvalue weighted by molar-refractivity contribution is 5.79. The Balaban J connectivity index is 2.60. The molecule has 0 fully saturated rings. The monoisotopic (exact) mass is 321 g/mol. The quantitative estimate of drug-likeness (QED) is 0.691. The molecule has 2 N–H and O–H groups in total. The van der Waals surface area contributed by atoms with Crippen molar-refractivity contribution < 1.29 is 19.4 Å². The van der Waals surface area contributed by atoms with E-state index in [0.29, 0.717) is 5.75 Å². The molecule has 0 aliphatic carbocycles. The zero-order valence-electron chi connectivity index (χ0n) is 14.2. The first-order valence-corrected chi connectivity index (χ1v) is 8.22. The molecule has 1 aromatic carbocycles. The van der Waals surface area contributed by atoms with E-state index in [-0.39, 0.29) is 24.5 Å². The van der Waals surface area contributed by atoms with E-state index in [1.807, 2.05) is 19.1 Å². The molecule has 1 rings (SSSR count). The van der Waals surface area contributed by atoms with Gasteiger partial charge in [0.15, 0.2) is 6.61 Å². The molecule has 1 amide bonds. The first-order valence-electron chi connectivity index (χ1n) is 8.22. The summed E-state index contributed by atoms with van der Waals surface area (Å²) in [6, 6.07) is 7.04. The topological polar surface area (TPSA) is 75.6 Å². The van der Waals surface area contributed by atoms with Crippen molar-refractivity contribution in [1.29, 1.82) is 0 Å². The van der Waals surface area contributed by atoms with Crippen LogP contribution in [0.15, 0.2) is 24.3 Å². The van der Waals surface area contributed by atoms with Crippen molar-refractivity contribution in [3.8, 4) is 5.75 Å². The second-order valence-electron chi connectivity index (χ2n) is 5.76. The summed E-state index contributed by atoms with van der Waals surface area (Å²) in [5, 5.41) is 11.6. The van der Waals surface area contributed by atoms with Crippen molar-refractivity contribution in [2.75, 3.05) is 6.61 Å². The molecular formula is C18H27NO4. The maximum atomic E-state index is 12.4. The summed E-state index contributed by atoms with van der Waals surface area (Å²) in [6.45, 7) is 5.77. The van der Waals surface area contributed by atoms with Crippen LogP contribution in [0.3, 0.4) is 0 Å². The summed E-state index contributed by atoms with van der Waals surface area (Å²) >= 11 is 0. The second-order valence-corrected chi connectivity index (χ2v) is 5.76. The van der Waals surface area contributed by atoms with Gasteiger partial charge in [-0.1, -0.05) is 38.8 Å². The van der Waals surface area contributed by atoms with Gasteiger partial charge in [-0.05, 0) is 37.5 Å². The van der Waals surface area contributed by atoms with Crippen LogP contribution in [0.2, 0.25) is 0 Å². The van der Waals surface area contributed by atoms with Crippen molar-refractivity contribution in [3.63, 3.8) is 0 Å². The van der Waals surface area contributed by atoms with Gasteiger partial charge in [0, 0.05) is 5.92 Å². The molecule has 0 aliphatic heterocycles. The molecule has 0 spiro atoms. The van der Waals surface area contributed by atoms with Crippen molar-refractivity contribution >= 4 is 11.9 Å². The van der Waals surface area contributed by atoms with E-state index in [0.717, 1.165) is 31.2 Å². The Hall–Kier alpha value is -2.04. The minimum absolute atomic E-state index is 0.0747. The molecule has 0 saturated carbocycles. The van der Waals surface area contributed by atoms with E-state index in [2.05, 4.69) is 19.2 Å². The number of benzene rings is 1. The predicted octanol–water partition coefficient (Wildman–Crippen LogP) is 3.54. The van der Waals surface area contributed by atoms with Crippen LogP contribution >= 0.6 is 0 Å². The summed E-state index contributed by atoms with van der Waals surface area (Å²) in [5.41, 5.74) is 0.966. The number of aliphatic carboxylic acids is 1. The summed E-state index contributed by atoms with van der Waals surface area (Å²) in [6.07, 6.45) is 3.83. The number of hydrogen-bond donors (Lipinski definition) is 2. The van der Waals surface area contributed by atoms with Crippen LogP contribution in [0.1, 0.15) is 58.1 Å². The molecule has 0 aromatic heterocycles. The maximum Gasteiger partial charge on any atom is 0.341 e. The number of amides is 1. The molecule has 1 aromatic rings. The number of hydrogen-bond acceptors (Lipinski definition) is 3. The van der Waals surface area contributed by atoms with Gasteiger partial charge in [0.25, 0.3) is 0 Å². The van der Waals surface area contributed by atoms with Crippen LogP contribution in [0, 0.1) is 5.92 Å². The number of carbonyl (C=O) groups excluding carboxylic acids is 1. The first kappa shape index (κ1) is 19.0. The molecule has 0 aliphatic rings. The van der Waals surface area contributed by atoms with E-state index in [4.69, 9.17) is 9.84 Å². The van der Waals surface area contributed by atoms with Crippen molar-refractivity contribution in [1.82, 2.24) is 5.32 Å². The molecule has 1 unspecified atom stereocenters. The minimum atomic E-state index is -1.01. The zero-order valence-corrected chi connectivity index (χ0v) is 14.2. The molecule has 0 radical (unpaired) electrons. The van der Waals surface area contributed by atoms with Crippen LogP contribution in [0.5, 0.6) is 5.75 Å². The third kappa shape index (κ3) is 6.72. The van der Waals surface area contributed by atoms with Crippen LogP contribution in [-0.4, -0.2) is 23.6 Å². The molecule has 5 nitrogen and oxygen atoms in total. The summed E-state index contributed by atoms with van der Waals surface area (Å²) in [7, 11) is 0. The lowest BCUT2D eigenvalue weighted by Gasteiger charge is -2.20. The average molecular weight is 321 g/mol. The molecule has 1 atom stereocenters. The van der Waals surface area contributed by atoms with Gasteiger partial charge in [-0.3, -0.25) is 4.79 Å². The molecule has 128 valence electrons. The zero-order chi connectivity index (χ0) is 17.2. The Bertz CT molecular complexity index is 492. The van der Waals surface area contributed by atoms with E-state index in [9.17, 15) is 9.59 Å². The lowest BCUT2D eigenvalue weighted by Crippen LogP contribution is -2.32. The summed E-state index contributed by atoms with van der Waals surface area (Å²) in [4.78, 5) is 22.8. The highest BCUT2D eigenvalue weighted by Gasteiger charge is 2.18. The normalized spacial score (nSPS) is 12.0. The highest BCUT2D eigenvalue weighted by Crippen LogP contribution is 2.20. The number of carboxylic acids is 1. The molecule has 5 heteroatoms. The van der Waals surface area contributed by atoms with E-state index in [1.165, 1.54) is 0 Å². The van der Waals surface area contributed by atoms with Crippen LogP contribution < -0.4 is 10.1 Å². The third-order valence-electron chi connectivity index (χ3n) is 3.75. The van der Waals surface area contributed by atoms with Gasteiger partial charge in [0.2, 0.25) is 5.91 Å². The van der Waals surface area contributed by atoms with Crippen molar-refractivity contribution in [2.45, 2.75) is 52.5 Å². The third-order valence-corrected chi connectivity index (χ3v) is 3.75. The Kier molecular flexibility index (Phi) is 8.16. The number of rotatable bonds is 10. The van der Waals surface area contributed by atoms with Crippen LogP contribution in [0.4, 0.5) is 0 Å². The van der Waals surface area contributed by atoms with Gasteiger partial charge < -0.3 is 15.2 Å². The lowest BCUT2D eigenvalue weighted by molar-refractivity contribution is -0.139. The number of carboxylic acid groups (broad SMARTS) is 1.